The molecule has 1 heterocycles. The Morgan fingerprint density at radius 3 is 2.92 bits per heavy atom. The average molecular weight is 239 g/mol. The SMILES string of the molecule is Cc1cccc2nn(C)c(CBr)c12. The van der Waals surface area contributed by atoms with Crippen LogP contribution in [-0.2, 0) is 12.4 Å². The third kappa shape index (κ3) is 1.27. The Labute approximate surface area is 85.7 Å². The van der Waals surface area contributed by atoms with Crippen molar-refractivity contribution >= 4 is 26.8 Å². The summed E-state index contributed by atoms with van der Waals surface area (Å²) in [4.78, 5) is 0. The van der Waals surface area contributed by atoms with Crippen molar-refractivity contribution in [2.75, 3.05) is 0 Å². The lowest BCUT2D eigenvalue weighted by molar-refractivity contribution is 0.748. The van der Waals surface area contributed by atoms with E-state index in [1.165, 1.54) is 16.6 Å². The van der Waals surface area contributed by atoms with E-state index in [9.17, 15) is 0 Å². The lowest BCUT2D eigenvalue weighted by Gasteiger charge is -1.98. The number of alkyl halides is 1. The van der Waals surface area contributed by atoms with Crippen molar-refractivity contribution in [2.24, 2.45) is 7.05 Å². The fraction of sp³-hybridized carbons (Fsp3) is 0.300. The van der Waals surface area contributed by atoms with E-state index in [0.29, 0.717) is 0 Å². The second-order valence-electron chi connectivity index (χ2n) is 3.17. The average Bonchev–Trinajstić information content (AvgIpc) is 2.42. The molecule has 1 aromatic carbocycles. The molecule has 0 atom stereocenters. The van der Waals surface area contributed by atoms with Crippen LogP contribution in [0.5, 0.6) is 0 Å². The van der Waals surface area contributed by atoms with Gasteiger partial charge in [0.2, 0.25) is 0 Å². The zero-order valence-corrected chi connectivity index (χ0v) is 9.30. The second kappa shape index (κ2) is 3.14. The van der Waals surface area contributed by atoms with Crippen LogP contribution in [-0.4, -0.2) is 9.78 Å². The van der Waals surface area contributed by atoms with Gasteiger partial charge in [0.05, 0.1) is 11.2 Å². The van der Waals surface area contributed by atoms with Gasteiger partial charge in [0.25, 0.3) is 0 Å². The largest absolute Gasteiger partial charge is 0.271 e. The third-order valence-corrected chi connectivity index (χ3v) is 2.85. The predicted octanol–water partition coefficient (Wildman–Crippen LogP) is 2.78. The Morgan fingerprint density at radius 1 is 1.46 bits per heavy atom. The van der Waals surface area contributed by atoms with Crippen molar-refractivity contribution in [3.05, 3.63) is 29.5 Å². The van der Waals surface area contributed by atoms with Gasteiger partial charge in [-0.15, -0.1) is 0 Å². The summed E-state index contributed by atoms with van der Waals surface area (Å²) < 4.78 is 1.94. The number of halogens is 1. The molecule has 0 aliphatic rings. The molecule has 1 aromatic heterocycles. The Kier molecular flexibility index (Phi) is 2.12. The molecule has 0 spiro atoms. The van der Waals surface area contributed by atoms with Crippen LogP contribution in [0.4, 0.5) is 0 Å². The summed E-state index contributed by atoms with van der Waals surface area (Å²) in [6, 6.07) is 6.22. The standard InChI is InChI=1S/C10H11BrN2/c1-7-4-3-5-8-10(7)9(6-11)13(2)12-8/h3-5H,6H2,1-2H3. The van der Waals surface area contributed by atoms with Gasteiger partial charge in [-0.1, -0.05) is 28.1 Å². The van der Waals surface area contributed by atoms with Crippen LogP contribution in [0.2, 0.25) is 0 Å². The first-order valence-electron chi connectivity index (χ1n) is 4.21. The van der Waals surface area contributed by atoms with E-state index < -0.39 is 0 Å². The summed E-state index contributed by atoms with van der Waals surface area (Å²) in [5.74, 6) is 0. The monoisotopic (exact) mass is 238 g/mol. The zero-order valence-electron chi connectivity index (χ0n) is 7.71. The van der Waals surface area contributed by atoms with Crippen molar-refractivity contribution in [1.82, 2.24) is 9.78 Å². The smallest absolute Gasteiger partial charge is 0.0929 e. The lowest BCUT2D eigenvalue weighted by Crippen LogP contribution is -1.94. The molecule has 68 valence electrons. The summed E-state index contributed by atoms with van der Waals surface area (Å²) in [7, 11) is 1.98. The Bertz CT molecular complexity index is 445. The summed E-state index contributed by atoms with van der Waals surface area (Å²) >= 11 is 3.48. The van der Waals surface area contributed by atoms with Crippen LogP contribution in [0.1, 0.15) is 11.3 Å². The Hall–Kier alpha value is -0.830. The normalized spacial score (nSPS) is 11.0. The molecule has 3 heteroatoms. The first kappa shape index (κ1) is 8.75. The van der Waals surface area contributed by atoms with Crippen molar-refractivity contribution in [2.45, 2.75) is 12.3 Å². The molecule has 0 amide bonds. The van der Waals surface area contributed by atoms with E-state index in [0.717, 1.165) is 10.8 Å². The van der Waals surface area contributed by atoms with E-state index in [-0.39, 0.29) is 0 Å². The van der Waals surface area contributed by atoms with Crippen molar-refractivity contribution in [3.8, 4) is 0 Å². The second-order valence-corrected chi connectivity index (χ2v) is 3.73. The van der Waals surface area contributed by atoms with E-state index in [4.69, 9.17) is 0 Å². The summed E-state index contributed by atoms with van der Waals surface area (Å²) in [5.41, 5.74) is 3.62. The van der Waals surface area contributed by atoms with Crippen molar-refractivity contribution < 1.29 is 0 Å². The van der Waals surface area contributed by atoms with E-state index in [1.54, 1.807) is 0 Å². The summed E-state index contributed by atoms with van der Waals surface area (Å²) in [6.45, 7) is 2.12. The molecule has 0 saturated carbocycles. The van der Waals surface area contributed by atoms with Crippen molar-refractivity contribution in [3.63, 3.8) is 0 Å². The van der Waals surface area contributed by atoms with Gasteiger partial charge in [0, 0.05) is 17.8 Å². The fourth-order valence-corrected chi connectivity index (χ4v) is 2.29. The summed E-state index contributed by atoms with van der Waals surface area (Å²) in [6.07, 6.45) is 0. The minimum atomic E-state index is 0.852. The van der Waals surface area contributed by atoms with Gasteiger partial charge in [-0.05, 0) is 18.6 Å². The maximum Gasteiger partial charge on any atom is 0.0929 e. The van der Waals surface area contributed by atoms with Crippen molar-refractivity contribution in [1.29, 1.82) is 0 Å². The highest BCUT2D eigenvalue weighted by atomic mass is 79.9. The lowest BCUT2D eigenvalue weighted by atomic mass is 10.1. The van der Waals surface area contributed by atoms with Crippen LogP contribution in [0.15, 0.2) is 18.2 Å². The topological polar surface area (TPSA) is 17.8 Å². The maximum atomic E-state index is 4.43. The molecule has 0 saturated heterocycles. The molecule has 2 aromatic rings. The van der Waals surface area contributed by atoms with Gasteiger partial charge >= 0.3 is 0 Å². The predicted molar refractivity (Wildman–Crippen MR) is 58.1 cm³/mol. The number of fused-ring (bicyclic) bond motifs is 1. The maximum absolute atomic E-state index is 4.43. The molecule has 0 aliphatic heterocycles. The van der Waals surface area contributed by atoms with Gasteiger partial charge in [0.15, 0.2) is 0 Å². The molecule has 0 unspecified atom stereocenters. The molecule has 2 nitrogen and oxygen atoms in total. The Balaban J connectivity index is 2.88. The van der Waals surface area contributed by atoms with Crippen LogP contribution in [0.3, 0.4) is 0 Å². The highest BCUT2D eigenvalue weighted by Crippen LogP contribution is 2.23. The number of hydrogen-bond acceptors (Lipinski definition) is 1. The molecule has 2 rings (SSSR count). The van der Waals surface area contributed by atoms with Gasteiger partial charge in [-0.25, -0.2) is 0 Å². The molecule has 0 aliphatic carbocycles. The first-order valence-corrected chi connectivity index (χ1v) is 5.33. The molecule has 0 fully saturated rings. The highest BCUT2D eigenvalue weighted by molar-refractivity contribution is 9.08. The first-order chi connectivity index (χ1) is 6.24. The number of aromatic nitrogens is 2. The third-order valence-electron chi connectivity index (χ3n) is 2.31. The van der Waals surface area contributed by atoms with Crippen LogP contribution in [0, 0.1) is 6.92 Å². The van der Waals surface area contributed by atoms with Crippen LogP contribution >= 0.6 is 15.9 Å². The number of hydrogen-bond donors (Lipinski definition) is 0. The van der Waals surface area contributed by atoms with Crippen LogP contribution < -0.4 is 0 Å². The van der Waals surface area contributed by atoms with Crippen LogP contribution in [0.25, 0.3) is 10.9 Å². The Morgan fingerprint density at radius 2 is 2.23 bits per heavy atom. The molecular weight excluding hydrogens is 228 g/mol. The molecule has 0 radical (unpaired) electrons. The number of nitrogens with zero attached hydrogens (tertiary/aromatic N) is 2. The van der Waals surface area contributed by atoms with Gasteiger partial charge in [0.1, 0.15) is 0 Å². The summed E-state index contributed by atoms with van der Waals surface area (Å²) in [5, 5.41) is 6.56. The van der Waals surface area contributed by atoms with E-state index in [2.05, 4.69) is 40.1 Å². The molecular formula is C10H11BrN2. The molecule has 13 heavy (non-hydrogen) atoms. The fourth-order valence-electron chi connectivity index (χ4n) is 1.65. The molecule has 0 bridgehead atoms. The van der Waals surface area contributed by atoms with E-state index >= 15 is 0 Å². The zero-order chi connectivity index (χ0) is 9.42. The van der Waals surface area contributed by atoms with Gasteiger partial charge < -0.3 is 0 Å². The van der Waals surface area contributed by atoms with Gasteiger partial charge in [-0.2, -0.15) is 5.10 Å². The number of aryl methyl sites for hydroxylation is 2. The highest BCUT2D eigenvalue weighted by Gasteiger charge is 2.08. The van der Waals surface area contributed by atoms with E-state index in [1.807, 2.05) is 17.8 Å². The van der Waals surface area contributed by atoms with Gasteiger partial charge in [-0.3, -0.25) is 4.68 Å². The quantitative estimate of drug-likeness (QED) is 0.699. The minimum absolute atomic E-state index is 0.852. The number of benzene rings is 1. The molecule has 0 N–H and O–H groups in total. The minimum Gasteiger partial charge on any atom is -0.271 e. The number of rotatable bonds is 1.